The van der Waals surface area contributed by atoms with Gasteiger partial charge in [0.2, 0.25) is 10.0 Å². The van der Waals surface area contributed by atoms with Crippen LogP contribution in [-0.2, 0) is 19.6 Å². The van der Waals surface area contributed by atoms with E-state index in [1.54, 1.807) is 23.1 Å². The smallest absolute Gasteiger partial charge is 0.254 e. The third-order valence-electron chi connectivity index (χ3n) is 5.06. The summed E-state index contributed by atoms with van der Waals surface area (Å²) in [5.41, 5.74) is 0.220. The summed E-state index contributed by atoms with van der Waals surface area (Å²) in [4.78, 5) is 14.6. The van der Waals surface area contributed by atoms with Gasteiger partial charge in [-0.15, -0.1) is 0 Å². The van der Waals surface area contributed by atoms with Crippen molar-refractivity contribution in [2.45, 2.75) is 30.3 Å². The number of amides is 1. The first-order valence-electron chi connectivity index (χ1n) is 8.57. The van der Waals surface area contributed by atoms with E-state index in [9.17, 15) is 13.2 Å². The molecule has 0 aliphatic carbocycles. The maximum Gasteiger partial charge on any atom is 0.254 e. The SMILES string of the molecule is C[C@@]1(C(=O)N2CCN(S(=O)(=O)c3cccc4nsnc34)CC2)CCCO1. The van der Waals surface area contributed by atoms with Crippen LogP contribution in [0.2, 0.25) is 0 Å². The molecule has 2 aliphatic heterocycles. The summed E-state index contributed by atoms with van der Waals surface area (Å²) in [7, 11) is -3.67. The number of nitrogens with zero attached hydrogens (tertiary/aromatic N) is 4. The van der Waals surface area contributed by atoms with Crippen molar-refractivity contribution in [1.82, 2.24) is 18.0 Å². The number of sulfonamides is 1. The fraction of sp³-hybridized carbons (Fsp3) is 0.562. The van der Waals surface area contributed by atoms with Gasteiger partial charge in [0.05, 0.1) is 11.7 Å². The van der Waals surface area contributed by atoms with Crippen molar-refractivity contribution in [3.8, 4) is 0 Å². The number of rotatable bonds is 3. The molecule has 10 heteroatoms. The first-order chi connectivity index (χ1) is 12.4. The van der Waals surface area contributed by atoms with Gasteiger partial charge < -0.3 is 9.64 Å². The summed E-state index contributed by atoms with van der Waals surface area (Å²) in [5, 5.41) is 0. The molecule has 0 spiro atoms. The van der Waals surface area contributed by atoms with Crippen LogP contribution in [-0.4, -0.2) is 70.7 Å². The van der Waals surface area contributed by atoms with Crippen molar-refractivity contribution in [1.29, 1.82) is 0 Å². The molecule has 4 rings (SSSR count). The van der Waals surface area contributed by atoms with Crippen molar-refractivity contribution < 1.29 is 17.9 Å². The monoisotopic (exact) mass is 396 g/mol. The van der Waals surface area contributed by atoms with Gasteiger partial charge in [0.15, 0.2) is 0 Å². The molecule has 1 amide bonds. The second-order valence-corrected chi connectivity index (χ2v) is 9.20. The first kappa shape index (κ1) is 17.8. The highest BCUT2D eigenvalue weighted by Gasteiger charge is 2.42. The average molecular weight is 396 g/mol. The van der Waals surface area contributed by atoms with Gasteiger partial charge in [-0.3, -0.25) is 4.79 Å². The highest BCUT2D eigenvalue weighted by Crippen LogP contribution is 2.29. The molecular weight excluding hydrogens is 376 g/mol. The van der Waals surface area contributed by atoms with Crippen LogP contribution < -0.4 is 0 Å². The Kier molecular flexibility index (Phi) is 4.46. The van der Waals surface area contributed by atoms with Gasteiger partial charge in [-0.25, -0.2) is 8.42 Å². The summed E-state index contributed by atoms with van der Waals surface area (Å²) in [5.74, 6) is -0.0437. The summed E-state index contributed by atoms with van der Waals surface area (Å²) >= 11 is 0.998. The van der Waals surface area contributed by atoms with Crippen LogP contribution in [0.3, 0.4) is 0 Å². The Morgan fingerprint density at radius 3 is 2.69 bits per heavy atom. The van der Waals surface area contributed by atoms with Gasteiger partial charge in [0.25, 0.3) is 5.91 Å². The lowest BCUT2D eigenvalue weighted by atomic mass is 10.0. The fourth-order valence-electron chi connectivity index (χ4n) is 3.54. The number of piperazine rings is 1. The summed E-state index contributed by atoms with van der Waals surface area (Å²) in [6.45, 7) is 3.67. The van der Waals surface area contributed by atoms with E-state index >= 15 is 0 Å². The van der Waals surface area contributed by atoms with Crippen LogP contribution in [0, 0.1) is 0 Å². The van der Waals surface area contributed by atoms with Crippen LogP contribution in [0.5, 0.6) is 0 Å². The number of hydrogen-bond acceptors (Lipinski definition) is 7. The largest absolute Gasteiger partial charge is 0.365 e. The number of carbonyl (C=O) groups excluding carboxylic acids is 1. The Morgan fingerprint density at radius 1 is 1.23 bits per heavy atom. The van der Waals surface area contributed by atoms with E-state index in [0.717, 1.165) is 18.1 Å². The molecule has 3 heterocycles. The minimum Gasteiger partial charge on any atom is -0.365 e. The second-order valence-electron chi connectivity index (χ2n) is 6.77. The predicted molar refractivity (Wildman–Crippen MR) is 96.3 cm³/mol. The van der Waals surface area contributed by atoms with Crippen LogP contribution in [0.25, 0.3) is 11.0 Å². The number of ether oxygens (including phenoxy) is 1. The van der Waals surface area contributed by atoms with Crippen molar-refractivity contribution in [3.05, 3.63) is 18.2 Å². The van der Waals surface area contributed by atoms with Crippen LogP contribution in [0.15, 0.2) is 23.1 Å². The van der Waals surface area contributed by atoms with Crippen LogP contribution in [0.4, 0.5) is 0 Å². The van der Waals surface area contributed by atoms with Crippen LogP contribution in [0.1, 0.15) is 19.8 Å². The maximum atomic E-state index is 13.0. The van der Waals surface area contributed by atoms with Gasteiger partial charge in [-0.05, 0) is 31.9 Å². The molecule has 8 nitrogen and oxygen atoms in total. The lowest BCUT2D eigenvalue weighted by molar-refractivity contribution is -0.152. The third-order valence-corrected chi connectivity index (χ3v) is 7.54. The molecule has 2 saturated heterocycles. The Hall–Kier alpha value is -1.62. The average Bonchev–Trinajstić information content (AvgIpc) is 3.30. The Labute approximate surface area is 156 Å². The fourth-order valence-corrected chi connectivity index (χ4v) is 5.72. The predicted octanol–water partition coefficient (Wildman–Crippen LogP) is 1.09. The molecule has 2 aliphatic rings. The number of benzene rings is 1. The molecular formula is C16H20N4O4S2. The zero-order chi connectivity index (χ0) is 18.4. The molecule has 0 radical (unpaired) electrons. The number of hydrogen-bond donors (Lipinski definition) is 0. The zero-order valence-electron chi connectivity index (χ0n) is 14.4. The topological polar surface area (TPSA) is 92.7 Å². The first-order valence-corrected chi connectivity index (χ1v) is 10.7. The van der Waals surface area contributed by atoms with Gasteiger partial charge >= 0.3 is 0 Å². The molecule has 0 unspecified atom stereocenters. The molecule has 140 valence electrons. The minimum absolute atomic E-state index is 0.0437. The van der Waals surface area contributed by atoms with Gasteiger partial charge in [0, 0.05) is 32.8 Å². The summed E-state index contributed by atoms with van der Waals surface area (Å²) in [6.07, 6.45) is 1.59. The van der Waals surface area contributed by atoms with E-state index in [-0.39, 0.29) is 23.9 Å². The molecule has 0 N–H and O–H groups in total. The lowest BCUT2D eigenvalue weighted by Gasteiger charge is -2.37. The van der Waals surface area contributed by atoms with E-state index < -0.39 is 15.6 Å². The van der Waals surface area contributed by atoms with Crippen molar-refractivity contribution >= 4 is 38.7 Å². The van der Waals surface area contributed by atoms with E-state index in [4.69, 9.17) is 4.74 Å². The molecule has 0 bridgehead atoms. The standard InChI is InChI=1S/C16H20N4O4S2/c1-16(6-3-11-24-16)15(21)19-7-9-20(10-8-19)26(22,23)13-5-2-4-12-14(13)18-25-17-12/h2,4-5H,3,6-11H2,1H3/t16-/m0/s1. The normalized spacial score (nSPS) is 25.0. The van der Waals surface area contributed by atoms with E-state index in [1.807, 2.05) is 6.92 Å². The number of aromatic nitrogens is 2. The van der Waals surface area contributed by atoms with E-state index in [2.05, 4.69) is 8.75 Å². The number of carbonyl (C=O) groups is 1. The van der Waals surface area contributed by atoms with E-state index in [0.29, 0.717) is 37.2 Å². The molecule has 1 atom stereocenters. The highest BCUT2D eigenvalue weighted by molar-refractivity contribution is 7.89. The highest BCUT2D eigenvalue weighted by atomic mass is 32.2. The Bertz CT molecular complexity index is 929. The Balaban J connectivity index is 1.51. The molecule has 1 aromatic carbocycles. The lowest BCUT2D eigenvalue weighted by Crippen LogP contribution is -2.55. The molecule has 1 aromatic heterocycles. The van der Waals surface area contributed by atoms with Crippen LogP contribution >= 0.6 is 11.7 Å². The molecule has 2 aromatic rings. The van der Waals surface area contributed by atoms with Crippen molar-refractivity contribution in [2.24, 2.45) is 0 Å². The van der Waals surface area contributed by atoms with Gasteiger partial charge in [0.1, 0.15) is 21.5 Å². The molecule has 26 heavy (non-hydrogen) atoms. The van der Waals surface area contributed by atoms with Gasteiger partial charge in [-0.1, -0.05) is 6.07 Å². The van der Waals surface area contributed by atoms with Gasteiger partial charge in [-0.2, -0.15) is 13.1 Å². The molecule has 2 fully saturated rings. The van der Waals surface area contributed by atoms with Crippen molar-refractivity contribution in [3.63, 3.8) is 0 Å². The quantitative estimate of drug-likeness (QED) is 0.771. The second kappa shape index (κ2) is 6.52. The summed E-state index contributed by atoms with van der Waals surface area (Å²) < 4.78 is 41.3. The minimum atomic E-state index is -3.67. The van der Waals surface area contributed by atoms with E-state index in [1.165, 1.54) is 4.31 Å². The van der Waals surface area contributed by atoms with Crippen molar-refractivity contribution in [2.75, 3.05) is 32.8 Å². The zero-order valence-corrected chi connectivity index (χ0v) is 16.1. The summed E-state index contributed by atoms with van der Waals surface area (Å²) in [6, 6.07) is 4.98. The number of fused-ring (bicyclic) bond motifs is 1. The maximum absolute atomic E-state index is 13.0. The molecule has 0 saturated carbocycles. The Morgan fingerprint density at radius 2 is 2.00 bits per heavy atom. The third kappa shape index (κ3) is 2.90.